The normalized spacial score (nSPS) is 18.7. The summed E-state index contributed by atoms with van der Waals surface area (Å²) in [6, 6.07) is 27.9. The number of rotatable bonds is 6. The lowest BCUT2D eigenvalue weighted by Crippen LogP contribution is -2.50. The first-order valence-electron chi connectivity index (χ1n) is 12.0. The zero-order chi connectivity index (χ0) is 23.9. The maximum absolute atomic E-state index is 13.3. The molecule has 0 radical (unpaired) electrons. The van der Waals surface area contributed by atoms with E-state index in [1.165, 1.54) is 5.56 Å². The topological polar surface area (TPSA) is 61.4 Å². The van der Waals surface area contributed by atoms with Crippen LogP contribution in [-0.4, -0.2) is 23.4 Å². The number of carbonyl (C=O) groups excluding carboxylic acids is 2. The lowest BCUT2D eigenvalue weighted by Gasteiger charge is -2.39. The van der Waals surface area contributed by atoms with E-state index in [-0.39, 0.29) is 29.9 Å². The summed E-state index contributed by atoms with van der Waals surface area (Å²) in [7, 11) is 0. The number of urea groups is 1. The molecule has 0 aliphatic carbocycles. The predicted molar refractivity (Wildman–Crippen MR) is 135 cm³/mol. The van der Waals surface area contributed by atoms with Crippen LogP contribution in [0.1, 0.15) is 54.1 Å². The molecule has 0 unspecified atom stereocenters. The Hall–Kier alpha value is -3.60. The van der Waals surface area contributed by atoms with Crippen LogP contribution in [0.15, 0.2) is 84.9 Å². The van der Waals surface area contributed by atoms with Crippen LogP contribution in [-0.2, 0) is 11.3 Å². The first-order valence-corrected chi connectivity index (χ1v) is 12.0. The van der Waals surface area contributed by atoms with Crippen molar-refractivity contribution in [3.63, 3.8) is 0 Å². The Balaban J connectivity index is 1.48. The molecule has 1 fully saturated rings. The molecule has 34 heavy (non-hydrogen) atoms. The summed E-state index contributed by atoms with van der Waals surface area (Å²) < 4.78 is 0. The quantitative estimate of drug-likeness (QED) is 0.513. The molecule has 3 amide bonds. The molecule has 1 heterocycles. The highest BCUT2D eigenvalue weighted by Crippen LogP contribution is 2.34. The standard InChI is InChI=1S/C29H33N3O2/c1-21-10-9-15-25(18-21)27-17-16-26(28(33)31-22(2)24-13-7-4-8-14-24)20-32(27)29(34)30-19-23-11-5-3-6-12-23/h3-15,18,22,26-27H,16-17,19-20H2,1-2H3,(H,30,34)(H,31,33)/t22-,26+,27-/m0/s1. The molecule has 5 heteroatoms. The molecule has 0 spiro atoms. The summed E-state index contributed by atoms with van der Waals surface area (Å²) in [5, 5.41) is 6.21. The van der Waals surface area contributed by atoms with Gasteiger partial charge in [0.1, 0.15) is 0 Å². The minimum absolute atomic E-state index is 0.0000883. The SMILES string of the molecule is Cc1cccc([C@@H]2CC[C@@H](C(=O)N[C@@H](C)c3ccccc3)CN2C(=O)NCc2ccccc2)c1. The highest BCUT2D eigenvalue weighted by Gasteiger charge is 2.36. The molecular formula is C29H33N3O2. The Morgan fingerprint density at radius 3 is 2.35 bits per heavy atom. The van der Waals surface area contributed by atoms with Gasteiger partial charge in [0.2, 0.25) is 5.91 Å². The summed E-state index contributed by atoms with van der Waals surface area (Å²) in [6.07, 6.45) is 1.49. The third-order valence-corrected chi connectivity index (χ3v) is 6.59. The molecule has 3 aromatic carbocycles. The van der Waals surface area contributed by atoms with Gasteiger partial charge in [0.05, 0.1) is 18.0 Å². The van der Waals surface area contributed by atoms with Gasteiger partial charge in [-0.05, 0) is 43.4 Å². The van der Waals surface area contributed by atoms with Crippen LogP contribution in [0.3, 0.4) is 0 Å². The molecule has 4 rings (SSSR count). The largest absolute Gasteiger partial charge is 0.349 e. The summed E-state index contributed by atoms with van der Waals surface area (Å²) in [6.45, 7) is 4.91. The van der Waals surface area contributed by atoms with Crippen molar-refractivity contribution in [1.82, 2.24) is 15.5 Å². The Labute approximate surface area is 202 Å². The van der Waals surface area contributed by atoms with Crippen molar-refractivity contribution in [1.29, 1.82) is 0 Å². The number of carbonyl (C=O) groups is 2. The van der Waals surface area contributed by atoms with Gasteiger partial charge in [-0.1, -0.05) is 90.5 Å². The van der Waals surface area contributed by atoms with Crippen LogP contribution in [0.4, 0.5) is 4.79 Å². The predicted octanol–water partition coefficient (Wildman–Crippen LogP) is 5.54. The second-order valence-corrected chi connectivity index (χ2v) is 9.14. The Bertz CT molecular complexity index is 1100. The Morgan fingerprint density at radius 2 is 1.65 bits per heavy atom. The van der Waals surface area contributed by atoms with Gasteiger partial charge < -0.3 is 15.5 Å². The fraction of sp³-hybridized carbons (Fsp3) is 0.310. The van der Waals surface area contributed by atoms with Crippen molar-refractivity contribution in [2.75, 3.05) is 6.54 Å². The van der Waals surface area contributed by atoms with E-state index in [0.717, 1.165) is 29.5 Å². The highest BCUT2D eigenvalue weighted by molar-refractivity contribution is 5.81. The van der Waals surface area contributed by atoms with Crippen molar-refractivity contribution < 1.29 is 9.59 Å². The van der Waals surface area contributed by atoms with Crippen LogP contribution >= 0.6 is 0 Å². The lowest BCUT2D eigenvalue weighted by molar-refractivity contribution is -0.127. The van der Waals surface area contributed by atoms with E-state index in [1.54, 1.807) is 0 Å². The number of nitrogens with one attached hydrogen (secondary N) is 2. The molecule has 5 nitrogen and oxygen atoms in total. The van der Waals surface area contributed by atoms with Gasteiger partial charge in [0, 0.05) is 13.1 Å². The molecule has 3 aromatic rings. The lowest BCUT2D eigenvalue weighted by atomic mass is 9.88. The van der Waals surface area contributed by atoms with Gasteiger partial charge in [0.25, 0.3) is 0 Å². The number of amides is 3. The maximum Gasteiger partial charge on any atom is 0.318 e. The van der Waals surface area contributed by atoms with E-state index in [2.05, 4.69) is 35.8 Å². The van der Waals surface area contributed by atoms with Crippen molar-refractivity contribution in [2.45, 2.75) is 45.3 Å². The molecular weight excluding hydrogens is 422 g/mol. The molecule has 2 N–H and O–H groups in total. The van der Waals surface area contributed by atoms with E-state index < -0.39 is 0 Å². The van der Waals surface area contributed by atoms with Crippen molar-refractivity contribution >= 4 is 11.9 Å². The fourth-order valence-corrected chi connectivity index (χ4v) is 4.66. The number of benzene rings is 3. The smallest absolute Gasteiger partial charge is 0.318 e. The Morgan fingerprint density at radius 1 is 0.941 bits per heavy atom. The van der Waals surface area contributed by atoms with E-state index in [9.17, 15) is 9.59 Å². The van der Waals surface area contributed by atoms with Crippen LogP contribution in [0, 0.1) is 12.8 Å². The molecule has 0 aromatic heterocycles. The minimum atomic E-state index is -0.241. The molecule has 3 atom stereocenters. The van der Waals surface area contributed by atoms with Gasteiger partial charge in [-0.2, -0.15) is 0 Å². The first-order chi connectivity index (χ1) is 16.5. The zero-order valence-corrected chi connectivity index (χ0v) is 19.9. The Kier molecular flexibility index (Phi) is 7.63. The molecule has 0 saturated carbocycles. The van der Waals surface area contributed by atoms with Crippen molar-refractivity contribution in [2.24, 2.45) is 5.92 Å². The van der Waals surface area contributed by atoms with Crippen molar-refractivity contribution in [3.8, 4) is 0 Å². The zero-order valence-electron chi connectivity index (χ0n) is 19.9. The minimum Gasteiger partial charge on any atom is -0.349 e. The molecule has 0 bridgehead atoms. The molecule has 1 aliphatic rings. The van der Waals surface area contributed by atoms with E-state index in [4.69, 9.17) is 0 Å². The molecule has 176 valence electrons. The van der Waals surface area contributed by atoms with Crippen LogP contribution in [0.5, 0.6) is 0 Å². The van der Waals surface area contributed by atoms with Crippen LogP contribution in [0.2, 0.25) is 0 Å². The molecule has 1 aliphatic heterocycles. The van der Waals surface area contributed by atoms with Gasteiger partial charge in [-0.25, -0.2) is 4.79 Å². The maximum atomic E-state index is 13.3. The number of aryl methyl sites for hydroxylation is 1. The summed E-state index contributed by atoms with van der Waals surface area (Å²) >= 11 is 0. The fourth-order valence-electron chi connectivity index (χ4n) is 4.66. The number of likely N-dealkylation sites (tertiary alicyclic amines) is 1. The van der Waals surface area contributed by atoms with Crippen molar-refractivity contribution in [3.05, 3.63) is 107 Å². The van der Waals surface area contributed by atoms with Gasteiger partial charge >= 0.3 is 6.03 Å². The van der Waals surface area contributed by atoms with Crippen LogP contribution < -0.4 is 10.6 Å². The van der Waals surface area contributed by atoms with Gasteiger partial charge in [0.15, 0.2) is 0 Å². The third kappa shape index (κ3) is 5.84. The summed E-state index contributed by atoms with van der Waals surface area (Å²) in [4.78, 5) is 28.3. The monoisotopic (exact) mass is 455 g/mol. The van der Waals surface area contributed by atoms with Gasteiger partial charge in [-0.3, -0.25) is 4.79 Å². The average Bonchev–Trinajstić information content (AvgIpc) is 2.88. The van der Waals surface area contributed by atoms with Gasteiger partial charge in [-0.15, -0.1) is 0 Å². The first kappa shape index (κ1) is 23.6. The summed E-state index contributed by atoms with van der Waals surface area (Å²) in [5.41, 5.74) is 4.40. The number of piperidine rings is 1. The number of hydrogen-bond acceptors (Lipinski definition) is 2. The average molecular weight is 456 g/mol. The number of nitrogens with zero attached hydrogens (tertiary/aromatic N) is 1. The highest BCUT2D eigenvalue weighted by atomic mass is 16.2. The summed E-state index contributed by atoms with van der Waals surface area (Å²) in [5.74, 6) is -0.241. The van der Waals surface area contributed by atoms with E-state index in [0.29, 0.717) is 13.1 Å². The second-order valence-electron chi connectivity index (χ2n) is 9.14. The van der Waals surface area contributed by atoms with E-state index in [1.807, 2.05) is 78.6 Å². The third-order valence-electron chi connectivity index (χ3n) is 6.59. The number of hydrogen-bond donors (Lipinski definition) is 2. The van der Waals surface area contributed by atoms with E-state index >= 15 is 0 Å². The van der Waals surface area contributed by atoms with Crippen LogP contribution in [0.25, 0.3) is 0 Å². The second kappa shape index (κ2) is 11.0. The molecule has 1 saturated heterocycles.